The summed E-state index contributed by atoms with van der Waals surface area (Å²) >= 11 is 0. The van der Waals surface area contributed by atoms with E-state index in [-0.39, 0.29) is 11.9 Å². The molecule has 1 rings (SSSR count). The van der Waals surface area contributed by atoms with Crippen molar-refractivity contribution < 1.29 is 4.79 Å². The van der Waals surface area contributed by atoms with E-state index in [2.05, 4.69) is 6.92 Å². The van der Waals surface area contributed by atoms with E-state index in [1.54, 1.807) is 0 Å². The molecule has 2 atom stereocenters. The van der Waals surface area contributed by atoms with E-state index in [0.29, 0.717) is 12.5 Å². The Balaban J connectivity index is 2.47. The molecule has 0 bridgehead atoms. The lowest BCUT2D eigenvalue weighted by molar-refractivity contribution is -0.133. The summed E-state index contributed by atoms with van der Waals surface area (Å²) in [5, 5.41) is 0. The third kappa shape index (κ3) is 3.47. The van der Waals surface area contributed by atoms with Gasteiger partial charge < -0.3 is 15.5 Å². The summed E-state index contributed by atoms with van der Waals surface area (Å²) in [6.07, 6.45) is 2.00. The summed E-state index contributed by atoms with van der Waals surface area (Å²) in [7, 11) is 3.84. The maximum Gasteiger partial charge on any atom is 0.236 e. The molecular weight excluding hydrogens is 190 g/mol. The fourth-order valence-electron chi connectivity index (χ4n) is 2.08. The molecule has 4 heteroatoms. The lowest BCUT2D eigenvalue weighted by atomic mass is 9.91. The number of likely N-dealkylation sites (tertiary alicyclic amines) is 1. The van der Waals surface area contributed by atoms with Crippen molar-refractivity contribution >= 4 is 5.91 Å². The van der Waals surface area contributed by atoms with Crippen LogP contribution in [0.15, 0.2) is 0 Å². The Kier molecular flexibility index (Phi) is 4.54. The van der Waals surface area contributed by atoms with Crippen LogP contribution >= 0.6 is 0 Å². The molecule has 0 aliphatic carbocycles. The Morgan fingerprint density at radius 1 is 1.53 bits per heavy atom. The highest BCUT2D eigenvalue weighted by atomic mass is 16.2. The fraction of sp³-hybridized carbons (Fsp3) is 0.909. The van der Waals surface area contributed by atoms with E-state index in [4.69, 9.17) is 5.73 Å². The molecule has 2 N–H and O–H groups in total. The van der Waals surface area contributed by atoms with Crippen molar-refractivity contribution in [2.24, 2.45) is 11.7 Å². The summed E-state index contributed by atoms with van der Waals surface area (Å²) in [6, 6.07) is 0.276. The summed E-state index contributed by atoms with van der Waals surface area (Å²) in [6.45, 7) is 4.31. The molecule has 0 spiro atoms. The van der Waals surface area contributed by atoms with Crippen LogP contribution < -0.4 is 5.73 Å². The molecule has 1 fully saturated rings. The van der Waals surface area contributed by atoms with Crippen LogP contribution in [0.5, 0.6) is 0 Å². The quantitative estimate of drug-likeness (QED) is 0.725. The number of piperidine rings is 1. The number of hydrogen-bond acceptors (Lipinski definition) is 3. The summed E-state index contributed by atoms with van der Waals surface area (Å²) < 4.78 is 0. The average Bonchev–Trinajstić information content (AvgIpc) is 2.17. The van der Waals surface area contributed by atoms with Gasteiger partial charge in [0.15, 0.2) is 0 Å². The molecule has 1 aliphatic rings. The second kappa shape index (κ2) is 5.47. The Hall–Kier alpha value is -0.610. The van der Waals surface area contributed by atoms with Gasteiger partial charge in [-0.3, -0.25) is 4.79 Å². The molecule has 0 aromatic heterocycles. The molecular formula is C11H23N3O. The van der Waals surface area contributed by atoms with Gasteiger partial charge in [-0.15, -0.1) is 0 Å². The van der Waals surface area contributed by atoms with E-state index in [1.165, 1.54) is 0 Å². The zero-order valence-corrected chi connectivity index (χ0v) is 10.1. The number of rotatable bonds is 3. The Labute approximate surface area is 92.4 Å². The molecule has 4 nitrogen and oxygen atoms in total. The van der Waals surface area contributed by atoms with Crippen molar-refractivity contribution in [1.82, 2.24) is 9.80 Å². The zero-order valence-electron chi connectivity index (χ0n) is 10.1. The van der Waals surface area contributed by atoms with Crippen molar-refractivity contribution in [1.29, 1.82) is 0 Å². The number of amides is 1. The predicted octanol–water partition coefficient (Wildman–Crippen LogP) is 0.134. The number of likely N-dealkylation sites (N-methyl/N-ethyl adjacent to an activating group) is 1. The summed E-state index contributed by atoms with van der Waals surface area (Å²) in [4.78, 5) is 15.7. The normalized spacial score (nSPS) is 27.1. The molecule has 0 aromatic rings. The van der Waals surface area contributed by atoms with Gasteiger partial charge in [0.2, 0.25) is 5.91 Å². The number of carbonyl (C=O) groups is 1. The maximum atomic E-state index is 11.8. The second-order valence-electron chi connectivity index (χ2n) is 4.70. The van der Waals surface area contributed by atoms with E-state index >= 15 is 0 Å². The second-order valence-corrected chi connectivity index (χ2v) is 4.70. The highest BCUT2D eigenvalue weighted by Crippen LogP contribution is 2.18. The summed E-state index contributed by atoms with van der Waals surface area (Å²) in [5.41, 5.74) is 6.00. The van der Waals surface area contributed by atoms with Crippen molar-refractivity contribution in [2.75, 3.05) is 33.7 Å². The smallest absolute Gasteiger partial charge is 0.236 e. The molecule has 0 aromatic carbocycles. The van der Waals surface area contributed by atoms with Crippen LogP contribution in [0.4, 0.5) is 0 Å². The Morgan fingerprint density at radius 2 is 2.20 bits per heavy atom. The van der Waals surface area contributed by atoms with E-state index < -0.39 is 0 Å². The van der Waals surface area contributed by atoms with Crippen LogP contribution in [0.25, 0.3) is 0 Å². The van der Waals surface area contributed by atoms with Gasteiger partial charge in [0.25, 0.3) is 0 Å². The highest BCUT2D eigenvalue weighted by molar-refractivity contribution is 5.78. The molecule has 0 radical (unpaired) electrons. The van der Waals surface area contributed by atoms with E-state index in [9.17, 15) is 4.79 Å². The van der Waals surface area contributed by atoms with Gasteiger partial charge in [-0.25, -0.2) is 0 Å². The van der Waals surface area contributed by atoms with Crippen LogP contribution in [0, 0.1) is 5.92 Å². The molecule has 0 saturated carbocycles. The molecule has 15 heavy (non-hydrogen) atoms. The van der Waals surface area contributed by atoms with Crippen molar-refractivity contribution in [2.45, 2.75) is 25.8 Å². The lowest BCUT2D eigenvalue weighted by Crippen LogP contribution is -2.50. The lowest BCUT2D eigenvalue weighted by Gasteiger charge is -2.37. The number of nitrogens with zero attached hydrogens (tertiary/aromatic N) is 2. The van der Waals surface area contributed by atoms with Gasteiger partial charge in [0.05, 0.1) is 6.54 Å². The number of carbonyl (C=O) groups excluding carboxylic acids is 1. The Bertz CT molecular complexity index is 218. The number of hydrogen-bond donors (Lipinski definition) is 1. The highest BCUT2D eigenvalue weighted by Gasteiger charge is 2.27. The first kappa shape index (κ1) is 12.5. The average molecular weight is 213 g/mol. The monoisotopic (exact) mass is 213 g/mol. The molecule has 1 aliphatic heterocycles. The first-order valence-electron chi connectivity index (χ1n) is 5.72. The standard InChI is InChI=1S/C11H23N3O/c1-4-9-7-14(6-5-10(9)12)11(15)8-13(2)3/h9-10H,4-8,12H2,1-3H3. The van der Waals surface area contributed by atoms with Crippen LogP contribution in [0.2, 0.25) is 0 Å². The van der Waals surface area contributed by atoms with Gasteiger partial charge in [-0.1, -0.05) is 13.3 Å². The minimum absolute atomic E-state index is 0.227. The molecule has 1 saturated heterocycles. The van der Waals surface area contributed by atoms with Crippen LogP contribution in [0.1, 0.15) is 19.8 Å². The first-order valence-corrected chi connectivity index (χ1v) is 5.72. The molecule has 1 heterocycles. The largest absolute Gasteiger partial charge is 0.341 e. The SMILES string of the molecule is CCC1CN(C(=O)CN(C)C)CCC1N. The third-order valence-electron chi connectivity index (χ3n) is 3.12. The maximum absolute atomic E-state index is 11.8. The minimum Gasteiger partial charge on any atom is -0.341 e. The minimum atomic E-state index is 0.227. The third-order valence-corrected chi connectivity index (χ3v) is 3.12. The van der Waals surface area contributed by atoms with Crippen molar-refractivity contribution in [3.8, 4) is 0 Å². The van der Waals surface area contributed by atoms with Gasteiger partial charge >= 0.3 is 0 Å². The topological polar surface area (TPSA) is 49.6 Å². The van der Waals surface area contributed by atoms with Gasteiger partial charge in [-0.05, 0) is 26.4 Å². The van der Waals surface area contributed by atoms with Gasteiger partial charge in [-0.2, -0.15) is 0 Å². The predicted molar refractivity (Wildman–Crippen MR) is 61.5 cm³/mol. The Morgan fingerprint density at radius 3 is 2.73 bits per heavy atom. The van der Waals surface area contributed by atoms with Gasteiger partial charge in [0, 0.05) is 19.1 Å². The van der Waals surface area contributed by atoms with Crippen molar-refractivity contribution in [3.63, 3.8) is 0 Å². The first-order chi connectivity index (χ1) is 7.04. The van der Waals surface area contributed by atoms with E-state index in [1.807, 2.05) is 23.9 Å². The fourth-order valence-corrected chi connectivity index (χ4v) is 2.08. The molecule has 88 valence electrons. The van der Waals surface area contributed by atoms with E-state index in [0.717, 1.165) is 25.9 Å². The van der Waals surface area contributed by atoms with Crippen LogP contribution in [-0.2, 0) is 4.79 Å². The molecule has 1 amide bonds. The van der Waals surface area contributed by atoms with Crippen LogP contribution in [-0.4, -0.2) is 55.5 Å². The van der Waals surface area contributed by atoms with Crippen LogP contribution in [0.3, 0.4) is 0 Å². The summed E-state index contributed by atoms with van der Waals surface area (Å²) in [5.74, 6) is 0.704. The molecule has 2 unspecified atom stereocenters. The van der Waals surface area contributed by atoms with Crippen molar-refractivity contribution in [3.05, 3.63) is 0 Å². The zero-order chi connectivity index (χ0) is 11.4. The number of nitrogens with two attached hydrogens (primary N) is 1. The van der Waals surface area contributed by atoms with Gasteiger partial charge in [0.1, 0.15) is 0 Å².